The first-order chi connectivity index (χ1) is 14.5. The van der Waals surface area contributed by atoms with Gasteiger partial charge in [-0.2, -0.15) is 0 Å². The van der Waals surface area contributed by atoms with Gasteiger partial charge in [0, 0.05) is 22.4 Å². The number of hydrazine groups is 1. The number of amides is 3. The van der Waals surface area contributed by atoms with Gasteiger partial charge < -0.3 is 10.1 Å². The lowest BCUT2D eigenvalue weighted by Crippen LogP contribution is -2.41. The van der Waals surface area contributed by atoms with Crippen LogP contribution in [0.4, 0.5) is 5.69 Å². The Labute approximate surface area is 174 Å². The highest BCUT2D eigenvalue weighted by Gasteiger charge is 2.12. The van der Waals surface area contributed by atoms with Crippen LogP contribution >= 0.6 is 0 Å². The molecular weight excluding hydrogens is 382 g/mol. The van der Waals surface area contributed by atoms with E-state index >= 15 is 0 Å². The molecule has 0 unspecified atom stereocenters. The lowest BCUT2D eigenvalue weighted by Gasteiger charge is -2.10. The third-order valence-electron chi connectivity index (χ3n) is 4.32. The Hall–Kier alpha value is -4.13. The van der Waals surface area contributed by atoms with Crippen molar-refractivity contribution in [3.63, 3.8) is 0 Å². The van der Waals surface area contributed by atoms with Gasteiger partial charge in [-0.1, -0.05) is 29.8 Å². The molecule has 3 amide bonds. The van der Waals surface area contributed by atoms with Crippen molar-refractivity contribution in [2.45, 2.75) is 6.92 Å². The highest BCUT2D eigenvalue weighted by Crippen LogP contribution is 2.14. The van der Waals surface area contributed by atoms with Crippen LogP contribution in [0.1, 0.15) is 36.6 Å². The van der Waals surface area contributed by atoms with Crippen molar-refractivity contribution in [1.82, 2.24) is 10.9 Å². The Morgan fingerprint density at radius 1 is 0.700 bits per heavy atom. The number of methoxy groups -OCH3 is 1. The van der Waals surface area contributed by atoms with Gasteiger partial charge in [0.2, 0.25) is 0 Å². The molecule has 3 aromatic carbocycles. The lowest BCUT2D eigenvalue weighted by atomic mass is 10.1. The number of aryl methyl sites for hydroxylation is 1. The van der Waals surface area contributed by atoms with Gasteiger partial charge in [-0.3, -0.25) is 25.2 Å². The van der Waals surface area contributed by atoms with E-state index < -0.39 is 11.8 Å². The molecule has 3 N–H and O–H groups in total. The smallest absolute Gasteiger partial charge is 0.269 e. The molecule has 0 aliphatic rings. The SMILES string of the molecule is COc1cccc(C(=O)NNC(=O)c2cccc(NC(=O)c3ccc(C)cc3)c2)c1. The molecule has 0 saturated heterocycles. The van der Waals surface area contributed by atoms with E-state index in [1.807, 2.05) is 19.1 Å². The fourth-order valence-corrected chi connectivity index (χ4v) is 2.67. The van der Waals surface area contributed by atoms with Crippen molar-refractivity contribution >= 4 is 23.4 Å². The number of carbonyl (C=O) groups excluding carboxylic acids is 3. The van der Waals surface area contributed by atoms with Gasteiger partial charge in [0.05, 0.1) is 7.11 Å². The van der Waals surface area contributed by atoms with E-state index in [0.29, 0.717) is 22.6 Å². The van der Waals surface area contributed by atoms with Gasteiger partial charge in [0.25, 0.3) is 17.7 Å². The van der Waals surface area contributed by atoms with Crippen molar-refractivity contribution in [2.75, 3.05) is 12.4 Å². The molecule has 0 aliphatic heterocycles. The maximum Gasteiger partial charge on any atom is 0.269 e. The number of benzene rings is 3. The monoisotopic (exact) mass is 403 g/mol. The van der Waals surface area contributed by atoms with Gasteiger partial charge in [0.1, 0.15) is 5.75 Å². The Kier molecular flexibility index (Phi) is 6.44. The summed E-state index contributed by atoms with van der Waals surface area (Å²) in [6, 6.07) is 20.1. The zero-order valence-corrected chi connectivity index (χ0v) is 16.6. The van der Waals surface area contributed by atoms with Crippen molar-refractivity contribution in [1.29, 1.82) is 0 Å². The number of nitrogens with one attached hydrogen (secondary N) is 3. The molecule has 0 radical (unpaired) electrons. The van der Waals surface area contributed by atoms with E-state index in [1.165, 1.54) is 13.2 Å². The van der Waals surface area contributed by atoms with Crippen LogP contribution in [0.3, 0.4) is 0 Å². The van der Waals surface area contributed by atoms with Gasteiger partial charge in [-0.05, 0) is 55.5 Å². The summed E-state index contributed by atoms with van der Waals surface area (Å²) in [5, 5.41) is 2.76. The second-order valence-corrected chi connectivity index (χ2v) is 6.54. The minimum absolute atomic E-state index is 0.279. The summed E-state index contributed by atoms with van der Waals surface area (Å²) in [5.74, 6) is -0.742. The molecule has 0 aromatic heterocycles. The highest BCUT2D eigenvalue weighted by molar-refractivity contribution is 6.05. The second kappa shape index (κ2) is 9.38. The Morgan fingerprint density at radius 3 is 1.93 bits per heavy atom. The maximum absolute atomic E-state index is 12.4. The number of ether oxygens (including phenoxy) is 1. The summed E-state index contributed by atoms with van der Waals surface area (Å²) in [4.78, 5) is 36.9. The summed E-state index contributed by atoms with van der Waals surface area (Å²) in [5.41, 5.74) is 7.38. The third kappa shape index (κ3) is 5.23. The molecule has 3 aromatic rings. The predicted octanol–water partition coefficient (Wildman–Crippen LogP) is 3.33. The molecule has 7 heteroatoms. The predicted molar refractivity (Wildman–Crippen MR) is 114 cm³/mol. The molecule has 0 heterocycles. The molecule has 7 nitrogen and oxygen atoms in total. The fraction of sp³-hybridized carbons (Fsp3) is 0.0870. The number of hydrogen-bond acceptors (Lipinski definition) is 4. The number of carbonyl (C=O) groups is 3. The molecule has 0 spiro atoms. The first-order valence-electron chi connectivity index (χ1n) is 9.19. The van der Waals surface area contributed by atoms with Crippen LogP contribution in [0.5, 0.6) is 5.75 Å². The number of hydrogen-bond donors (Lipinski definition) is 3. The molecular formula is C23H21N3O4. The van der Waals surface area contributed by atoms with Crippen LogP contribution in [-0.2, 0) is 0 Å². The molecule has 0 aliphatic carbocycles. The highest BCUT2D eigenvalue weighted by atomic mass is 16.5. The average Bonchev–Trinajstić information content (AvgIpc) is 2.77. The molecule has 3 rings (SSSR count). The zero-order chi connectivity index (χ0) is 21.5. The van der Waals surface area contributed by atoms with E-state index in [-0.39, 0.29) is 11.5 Å². The summed E-state index contributed by atoms with van der Waals surface area (Å²) in [6.45, 7) is 1.94. The maximum atomic E-state index is 12.4. The molecule has 0 bridgehead atoms. The first kappa shape index (κ1) is 20.6. The third-order valence-corrected chi connectivity index (χ3v) is 4.32. The van der Waals surface area contributed by atoms with Gasteiger partial charge in [-0.15, -0.1) is 0 Å². The van der Waals surface area contributed by atoms with Gasteiger partial charge in [-0.25, -0.2) is 0 Å². The van der Waals surface area contributed by atoms with E-state index in [4.69, 9.17) is 4.74 Å². The molecule has 152 valence electrons. The standard InChI is InChI=1S/C23H21N3O4/c1-15-9-11-16(12-10-15)21(27)24-19-7-3-5-17(13-19)22(28)25-26-23(29)18-6-4-8-20(14-18)30-2/h3-14H,1-2H3,(H,24,27)(H,25,28)(H,26,29). The van der Waals surface area contributed by atoms with Crippen LogP contribution < -0.4 is 20.9 Å². The first-order valence-corrected chi connectivity index (χ1v) is 9.19. The Balaban J connectivity index is 1.62. The van der Waals surface area contributed by atoms with Crippen LogP contribution in [0.2, 0.25) is 0 Å². The van der Waals surface area contributed by atoms with Crippen LogP contribution in [0.25, 0.3) is 0 Å². The van der Waals surface area contributed by atoms with Crippen molar-refractivity contribution in [3.05, 3.63) is 95.1 Å². The summed E-state index contributed by atoms with van der Waals surface area (Å²) in [6.07, 6.45) is 0. The van der Waals surface area contributed by atoms with E-state index in [2.05, 4.69) is 16.2 Å². The summed E-state index contributed by atoms with van der Waals surface area (Å²) in [7, 11) is 1.50. The van der Waals surface area contributed by atoms with Crippen molar-refractivity contribution < 1.29 is 19.1 Å². The number of rotatable bonds is 5. The quantitative estimate of drug-likeness (QED) is 0.570. The van der Waals surface area contributed by atoms with Crippen LogP contribution in [0.15, 0.2) is 72.8 Å². The Morgan fingerprint density at radius 2 is 1.30 bits per heavy atom. The van der Waals surface area contributed by atoms with Crippen LogP contribution in [0, 0.1) is 6.92 Å². The minimum Gasteiger partial charge on any atom is -0.497 e. The molecule has 30 heavy (non-hydrogen) atoms. The lowest BCUT2D eigenvalue weighted by molar-refractivity contribution is 0.0846. The van der Waals surface area contributed by atoms with E-state index in [9.17, 15) is 14.4 Å². The zero-order valence-electron chi connectivity index (χ0n) is 16.6. The van der Waals surface area contributed by atoms with E-state index in [0.717, 1.165) is 5.56 Å². The molecule has 0 saturated carbocycles. The van der Waals surface area contributed by atoms with Gasteiger partial charge in [0.15, 0.2) is 0 Å². The topological polar surface area (TPSA) is 96.5 Å². The minimum atomic E-state index is -0.516. The summed E-state index contributed by atoms with van der Waals surface area (Å²) >= 11 is 0. The van der Waals surface area contributed by atoms with E-state index in [1.54, 1.807) is 54.6 Å². The summed E-state index contributed by atoms with van der Waals surface area (Å²) < 4.78 is 5.08. The Bertz CT molecular complexity index is 1080. The largest absolute Gasteiger partial charge is 0.497 e. The van der Waals surface area contributed by atoms with Crippen molar-refractivity contribution in [3.8, 4) is 5.75 Å². The second-order valence-electron chi connectivity index (χ2n) is 6.54. The average molecular weight is 403 g/mol. The normalized spacial score (nSPS) is 10.1. The molecule has 0 fully saturated rings. The fourth-order valence-electron chi connectivity index (χ4n) is 2.67. The van der Waals surface area contributed by atoms with Gasteiger partial charge >= 0.3 is 0 Å². The molecule has 0 atom stereocenters. The number of anilines is 1. The van der Waals surface area contributed by atoms with Crippen LogP contribution in [-0.4, -0.2) is 24.8 Å². The van der Waals surface area contributed by atoms with Crippen molar-refractivity contribution in [2.24, 2.45) is 0 Å².